The van der Waals surface area contributed by atoms with Gasteiger partial charge in [0.2, 0.25) is 0 Å². The van der Waals surface area contributed by atoms with Gasteiger partial charge in [-0.25, -0.2) is 4.68 Å². The molecule has 2 aliphatic rings. The SMILES string of the molecule is Cc1ccc(=O)n(CCN2CCN(c3cc4c(nn3)CCSC4)CC2)n1. The zero-order chi connectivity index (χ0) is 17.9. The van der Waals surface area contributed by atoms with Crippen molar-refractivity contribution >= 4 is 17.6 Å². The first kappa shape index (κ1) is 17.5. The number of anilines is 1. The molecule has 0 atom stereocenters. The van der Waals surface area contributed by atoms with E-state index >= 15 is 0 Å². The largest absolute Gasteiger partial charge is 0.353 e. The summed E-state index contributed by atoms with van der Waals surface area (Å²) < 4.78 is 1.56. The molecule has 0 bridgehead atoms. The Morgan fingerprint density at radius 3 is 2.81 bits per heavy atom. The maximum Gasteiger partial charge on any atom is 0.266 e. The second-order valence-electron chi connectivity index (χ2n) is 6.84. The molecule has 0 aromatic carbocycles. The fourth-order valence-electron chi connectivity index (χ4n) is 3.43. The highest BCUT2D eigenvalue weighted by Gasteiger charge is 2.20. The molecule has 138 valence electrons. The summed E-state index contributed by atoms with van der Waals surface area (Å²) in [4.78, 5) is 16.6. The van der Waals surface area contributed by atoms with Crippen molar-refractivity contribution in [3.05, 3.63) is 45.5 Å². The van der Waals surface area contributed by atoms with E-state index in [4.69, 9.17) is 0 Å². The molecule has 4 heterocycles. The van der Waals surface area contributed by atoms with Crippen molar-refractivity contribution in [3.63, 3.8) is 0 Å². The number of nitrogens with zero attached hydrogens (tertiary/aromatic N) is 6. The molecule has 0 amide bonds. The van der Waals surface area contributed by atoms with Crippen molar-refractivity contribution in [2.75, 3.05) is 43.4 Å². The van der Waals surface area contributed by atoms with E-state index in [1.165, 1.54) is 11.3 Å². The lowest BCUT2D eigenvalue weighted by atomic mass is 10.2. The van der Waals surface area contributed by atoms with Crippen LogP contribution >= 0.6 is 11.8 Å². The third kappa shape index (κ3) is 3.91. The summed E-state index contributed by atoms with van der Waals surface area (Å²) in [6, 6.07) is 5.57. The lowest BCUT2D eigenvalue weighted by molar-refractivity contribution is 0.242. The predicted molar refractivity (Wildman–Crippen MR) is 104 cm³/mol. The molecule has 2 aromatic heterocycles. The molecular formula is C18H24N6OS. The number of fused-ring (bicyclic) bond motifs is 1. The maximum absolute atomic E-state index is 11.9. The first-order valence-electron chi connectivity index (χ1n) is 9.14. The molecule has 8 heteroatoms. The van der Waals surface area contributed by atoms with Crippen LogP contribution in [-0.4, -0.2) is 63.4 Å². The van der Waals surface area contributed by atoms with Crippen LogP contribution in [0, 0.1) is 6.92 Å². The van der Waals surface area contributed by atoms with Crippen molar-refractivity contribution in [1.29, 1.82) is 0 Å². The van der Waals surface area contributed by atoms with Gasteiger partial charge in [-0.1, -0.05) is 0 Å². The van der Waals surface area contributed by atoms with E-state index in [0.717, 1.165) is 62.2 Å². The van der Waals surface area contributed by atoms with Gasteiger partial charge in [0.15, 0.2) is 5.82 Å². The molecule has 0 saturated carbocycles. The fraction of sp³-hybridized carbons (Fsp3) is 0.556. The van der Waals surface area contributed by atoms with Crippen LogP contribution in [0.15, 0.2) is 23.0 Å². The van der Waals surface area contributed by atoms with Crippen molar-refractivity contribution in [3.8, 4) is 0 Å². The second kappa shape index (κ2) is 7.75. The van der Waals surface area contributed by atoms with E-state index < -0.39 is 0 Å². The lowest BCUT2D eigenvalue weighted by Gasteiger charge is -2.35. The third-order valence-corrected chi connectivity index (χ3v) is 6.02. The molecule has 2 aromatic rings. The van der Waals surface area contributed by atoms with E-state index in [2.05, 4.69) is 31.2 Å². The number of rotatable bonds is 4. The van der Waals surface area contributed by atoms with Crippen LogP contribution in [0.2, 0.25) is 0 Å². The molecule has 26 heavy (non-hydrogen) atoms. The average molecular weight is 372 g/mol. The van der Waals surface area contributed by atoms with Gasteiger partial charge in [-0.15, -0.1) is 5.10 Å². The van der Waals surface area contributed by atoms with Crippen molar-refractivity contribution in [1.82, 2.24) is 24.9 Å². The molecule has 0 N–H and O–H groups in total. The van der Waals surface area contributed by atoms with Crippen LogP contribution in [0.1, 0.15) is 17.0 Å². The summed E-state index contributed by atoms with van der Waals surface area (Å²) in [7, 11) is 0. The number of aryl methyl sites for hydroxylation is 2. The van der Waals surface area contributed by atoms with Gasteiger partial charge >= 0.3 is 0 Å². The lowest BCUT2D eigenvalue weighted by Crippen LogP contribution is -2.48. The minimum Gasteiger partial charge on any atom is -0.353 e. The van der Waals surface area contributed by atoms with E-state index in [-0.39, 0.29) is 5.56 Å². The van der Waals surface area contributed by atoms with Gasteiger partial charge in [0.1, 0.15) is 0 Å². The highest BCUT2D eigenvalue weighted by molar-refractivity contribution is 7.98. The van der Waals surface area contributed by atoms with Gasteiger partial charge in [-0.3, -0.25) is 9.69 Å². The van der Waals surface area contributed by atoms with Gasteiger partial charge in [-0.2, -0.15) is 22.0 Å². The van der Waals surface area contributed by atoms with E-state index in [0.29, 0.717) is 6.54 Å². The Morgan fingerprint density at radius 2 is 1.96 bits per heavy atom. The first-order valence-corrected chi connectivity index (χ1v) is 10.3. The minimum absolute atomic E-state index is 0.0311. The van der Waals surface area contributed by atoms with Crippen molar-refractivity contribution in [2.45, 2.75) is 25.6 Å². The summed E-state index contributed by atoms with van der Waals surface area (Å²) in [5, 5.41) is 13.2. The third-order valence-electron chi connectivity index (χ3n) is 5.01. The molecule has 4 rings (SSSR count). The summed E-state index contributed by atoms with van der Waals surface area (Å²) in [6.07, 6.45) is 1.04. The Morgan fingerprint density at radius 1 is 1.12 bits per heavy atom. The number of piperazine rings is 1. The smallest absolute Gasteiger partial charge is 0.266 e. The van der Waals surface area contributed by atoms with Crippen LogP contribution in [0.5, 0.6) is 0 Å². The molecule has 0 spiro atoms. The number of thioether (sulfide) groups is 1. The van der Waals surface area contributed by atoms with Crippen LogP contribution in [-0.2, 0) is 18.7 Å². The summed E-state index contributed by atoms with van der Waals surface area (Å²) in [5.74, 6) is 3.21. The van der Waals surface area contributed by atoms with Crippen LogP contribution in [0.4, 0.5) is 5.82 Å². The van der Waals surface area contributed by atoms with Crippen LogP contribution < -0.4 is 10.5 Å². The highest BCUT2D eigenvalue weighted by Crippen LogP contribution is 2.25. The standard InChI is InChI=1S/C18H24N6OS/c1-14-2-3-18(25)24(21-14)10-7-22-5-8-23(9-6-22)17-12-15-13-26-11-4-16(15)19-20-17/h2-3,12H,4-11,13H2,1H3. The van der Waals surface area contributed by atoms with Gasteiger partial charge < -0.3 is 4.90 Å². The Bertz CT molecular complexity index is 831. The van der Waals surface area contributed by atoms with Gasteiger partial charge in [0.05, 0.1) is 17.9 Å². The molecule has 1 saturated heterocycles. The Balaban J connectivity index is 1.33. The highest BCUT2D eigenvalue weighted by atomic mass is 32.2. The van der Waals surface area contributed by atoms with Crippen molar-refractivity contribution in [2.24, 2.45) is 0 Å². The van der Waals surface area contributed by atoms with Gasteiger partial charge in [0, 0.05) is 51.0 Å². The molecule has 1 fully saturated rings. The topological polar surface area (TPSA) is 67.2 Å². The first-order chi connectivity index (χ1) is 12.7. The van der Waals surface area contributed by atoms with E-state index in [1.54, 1.807) is 16.8 Å². The van der Waals surface area contributed by atoms with E-state index in [1.807, 2.05) is 18.7 Å². The molecule has 0 aliphatic carbocycles. The van der Waals surface area contributed by atoms with Crippen LogP contribution in [0.25, 0.3) is 0 Å². The molecule has 0 radical (unpaired) electrons. The van der Waals surface area contributed by atoms with E-state index in [9.17, 15) is 4.79 Å². The second-order valence-corrected chi connectivity index (χ2v) is 7.95. The van der Waals surface area contributed by atoms with Crippen molar-refractivity contribution < 1.29 is 0 Å². The minimum atomic E-state index is -0.0311. The molecule has 2 aliphatic heterocycles. The summed E-state index contributed by atoms with van der Waals surface area (Å²) >= 11 is 1.97. The zero-order valence-corrected chi connectivity index (χ0v) is 15.9. The van der Waals surface area contributed by atoms with Crippen LogP contribution in [0.3, 0.4) is 0 Å². The number of aromatic nitrogens is 4. The summed E-state index contributed by atoms with van der Waals surface area (Å²) in [6.45, 7) is 7.20. The Kier molecular flexibility index (Phi) is 5.21. The Hall–Kier alpha value is -1.93. The maximum atomic E-state index is 11.9. The monoisotopic (exact) mass is 372 g/mol. The normalized spacial score (nSPS) is 18.0. The molecule has 7 nitrogen and oxygen atoms in total. The number of hydrogen-bond donors (Lipinski definition) is 0. The molecular weight excluding hydrogens is 348 g/mol. The van der Waals surface area contributed by atoms with Gasteiger partial charge in [0.25, 0.3) is 5.56 Å². The quantitative estimate of drug-likeness (QED) is 0.792. The summed E-state index contributed by atoms with van der Waals surface area (Å²) in [5.41, 5.74) is 3.36. The fourth-order valence-corrected chi connectivity index (χ4v) is 4.38. The predicted octanol–water partition coefficient (Wildman–Crippen LogP) is 0.953. The number of hydrogen-bond acceptors (Lipinski definition) is 7. The Labute approximate surface area is 157 Å². The van der Waals surface area contributed by atoms with Gasteiger partial charge in [-0.05, 0) is 30.4 Å². The average Bonchev–Trinajstić information content (AvgIpc) is 2.69. The zero-order valence-electron chi connectivity index (χ0n) is 15.1. The molecule has 0 unspecified atom stereocenters.